The van der Waals surface area contributed by atoms with Crippen molar-refractivity contribution in [2.75, 3.05) is 5.75 Å². The molecule has 13 heavy (non-hydrogen) atoms. The van der Waals surface area contributed by atoms with E-state index in [0.717, 1.165) is 34.9 Å². The third-order valence-corrected chi connectivity index (χ3v) is 3.13. The maximum absolute atomic E-state index is 11.1. The van der Waals surface area contributed by atoms with Crippen LogP contribution in [0, 0.1) is 0 Å². The number of aromatic nitrogens is 2. The van der Waals surface area contributed by atoms with Crippen LogP contribution in [0.1, 0.15) is 17.0 Å². The van der Waals surface area contributed by atoms with Crippen LogP contribution in [0.3, 0.4) is 0 Å². The van der Waals surface area contributed by atoms with Gasteiger partial charge >= 0.3 is 5.69 Å². The monoisotopic (exact) mass is 197 g/mol. The summed E-state index contributed by atoms with van der Waals surface area (Å²) in [5.74, 6) is 1.97. The van der Waals surface area contributed by atoms with E-state index in [0.29, 0.717) is 6.54 Å². The Morgan fingerprint density at radius 3 is 3.23 bits per heavy atom. The predicted octanol–water partition coefficient (Wildman–Crippen LogP) is 0.0179. The molecule has 0 fully saturated rings. The van der Waals surface area contributed by atoms with E-state index in [1.165, 1.54) is 0 Å². The second kappa shape index (κ2) is 3.51. The van der Waals surface area contributed by atoms with E-state index in [1.54, 1.807) is 0 Å². The van der Waals surface area contributed by atoms with Crippen molar-refractivity contribution >= 4 is 11.8 Å². The molecule has 1 aliphatic heterocycles. The lowest BCUT2D eigenvalue weighted by molar-refractivity contribution is 0.849. The molecule has 0 unspecified atom stereocenters. The molecular weight excluding hydrogens is 186 g/mol. The Balaban J connectivity index is 2.57. The van der Waals surface area contributed by atoms with Crippen LogP contribution in [0.4, 0.5) is 0 Å². The Bertz CT molecular complexity index is 354. The van der Waals surface area contributed by atoms with Gasteiger partial charge in [-0.1, -0.05) is 0 Å². The molecule has 0 saturated carbocycles. The third-order valence-electron chi connectivity index (χ3n) is 2.14. The second-order valence-electron chi connectivity index (χ2n) is 2.95. The summed E-state index contributed by atoms with van der Waals surface area (Å²) in [6.45, 7) is 0.358. The predicted molar refractivity (Wildman–Crippen MR) is 52.6 cm³/mol. The zero-order chi connectivity index (χ0) is 9.26. The van der Waals surface area contributed by atoms with Gasteiger partial charge in [-0.05, 0) is 17.7 Å². The van der Waals surface area contributed by atoms with Gasteiger partial charge in [-0.25, -0.2) is 4.79 Å². The minimum Gasteiger partial charge on any atom is -0.325 e. The van der Waals surface area contributed by atoms with Gasteiger partial charge < -0.3 is 10.7 Å². The Labute approximate surface area is 79.9 Å². The molecule has 1 aliphatic rings. The normalized spacial score (nSPS) is 15.5. The van der Waals surface area contributed by atoms with E-state index in [2.05, 4.69) is 9.97 Å². The summed E-state index contributed by atoms with van der Waals surface area (Å²) in [6, 6.07) is 0. The van der Waals surface area contributed by atoms with Gasteiger partial charge in [0.25, 0.3) is 0 Å². The van der Waals surface area contributed by atoms with Crippen LogP contribution in [0.25, 0.3) is 0 Å². The largest absolute Gasteiger partial charge is 0.345 e. The number of hydrogen-bond acceptors (Lipinski definition) is 4. The minimum atomic E-state index is -0.276. The molecule has 2 rings (SSSR count). The maximum atomic E-state index is 11.1. The number of rotatable bonds is 1. The highest BCUT2D eigenvalue weighted by atomic mass is 32.2. The third kappa shape index (κ3) is 1.62. The molecule has 5 heteroatoms. The first-order valence-electron chi connectivity index (χ1n) is 4.20. The van der Waals surface area contributed by atoms with Gasteiger partial charge in [-0.15, -0.1) is 0 Å². The van der Waals surface area contributed by atoms with Crippen LogP contribution in [0.5, 0.6) is 0 Å². The van der Waals surface area contributed by atoms with Crippen molar-refractivity contribution < 1.29 is 0 Å². The summed E-state index contributed by atoms with van der Waals surface area (Å²) in [7, 11) is 0. The van der Waals surface area contributed by atoms with Crippen molar-refractivity contribution in [2.45, 2.75) is 18.7 Å². The first kappa shape index (κ1) is 8.77. The SMILES string of the molecule is NCc1nc(=O)[nH]c2c1CCSC2. The summed E-state index contributed by atoms with van der Waals surface area (Å²) >= 11 is 1.83. The molecular formula is C8H11N3OS. The molecule has 0 aliphatic carbocycles. The molecule has 1 aromatic heterocycles. The highest BCUT2D eigenvalue weighted by Gasteiger charge is 2.14. The van der Waals surface area contributed by atoms with E-state index in [-0.39, 0.29) is 5.69 Å². The smallest absolute Gasteiger partial charge is 0.325 e. The molecule has 2 heterocycles. The van der Waals surface area contributed by atoms with Crippen LogP contribution >= 0.6 is 11.8 Å². The Morgan fingerprint density at radius 1 is 1.62 bits per heavy atom. The second-order valence-corrected chi connectivity index (χ2v) is 4.06. The summed E-state index contributed by atoms with van der Waals surface area (Å²) in [4.78, 5) is 17.7. The Kier molecular flexibility index (Phi) is 2.37. The number of nitrogens with one attached hydrogen (secondary N) is 1. The van der Waals surface area contributed by atoms with E-state index < -0.39 is 0 Å². The Hall–Kier alpha value is -0.810. The molecule has 0 amide bonds. The van der Waals surface area contributed by atoms with E-state index in [9.17, 15) is 4.79 Å². The highest BCUT2D eigenvalue weighted by Crippen LogP contribution is 2.23. The summed E-state index contributed by atoms with van der Waals surface area (Å²) in [5.41, 5.74) is 8.17. The van der Waals surface area contributed by atoms with Crippen molar-refractivity contribution in [3.63, 3.8) is 0 Å². The molecule has 0 atom stereocenters. The van der Waals surface area contributed by atoms with Crippen molar-refractivity contribution in [1.82, 2.24) is 9.97 Å². The number of nitrogens with two attached hydrogens (primary N) is 1. The first-order valence-corrected chi connectivity index (χ1v) is 5.35. The fraction of sp³-hybridized carbons (Fsp3) is 0.500. The number of nitrogens with zero attached hydrogens (tertiary/aromatic N) is 1. The molecule has 4 nitrogen and oxygen atoms in total. The van der Waals surface area contributed by atoms with Gasteiger partial charge in [0.15, 0.2) is 0 Å². The number of H-pyrrole nitrogens is 1. The average Bonchev–Trinajstić information content (AvgIpc) is 2.16. The maximum Gasteiger partial charge on any atom is 0.345 e. The zero-order valence-corrected chi connectivity index (χ0v) is 7.99. The molecule has 3 N–H and O–H groups in total. The van der Waals surface area contributed by atoms with Gasteiger partial charge in [0.05, 0.1) is 5.69 Å². The van der Waals surface area contributed by atoms with Crippen molar-refractivity contribution in [2.24, 2.45) is 5.73 Å². The molecule has 0 saturated heterocycles. The molecule has 1 aromatic rings. The molecule has 0 spiro atoms. The van der Waals surface area contributed by atoms with Crippen molar-refractivity contribution in [1.29, 1.82) is 0 Å². The number of thioether (sulfide) groups is 1. The zero-order valence-electron chi connectivity index (χ0n) is 7.17. The quantitative estimate of drug-likeness (QED) is 0.665. The standard InChI is InChI=1S/C8H11N3OS/c9-3-6-5-1-2-13-4-7(5)11-8(12)10-6/h1-4,9H2,(H,10,11,12). The van der Waals surface area contributed by atoms with Crippen LogP contribution < -0.4 is 11.4 Å². The molecule has 0 bridgehead atoms. The van der Waals surface area contributed by atoms with Gasteiger partial charge in [0.2, 0.25) is 0 Å². The van der Waals surface area contributed by atoms with Crippen LogP contribution in [-0.4, -0.2) is 15.7 Å². The van der Waals surface area contributed by atoms with Crippen LogP contribution in [0.15, 0.2) is 4.79 Å². The lowest BCUT2D eigenvalue weighted by Crippen LogP contribution is -2.22. The fourth-order valence-electron chi connectivity index (χ4n) is 1.53. The van der Waals surface area contributed by atoms with Gasteiger partial charge in [-0.2, -0.15) is 16.7 Å². The molecule has 70 valence electrons. The number of aromatic amines is 1. The van der Waals surface area contributed by atoms with Crippen LogP contribution in [0.2, 0.25) is 0 Å². The fourth-order valence-corrected chi connectivity index (χ4v) is 2.48. The lowest BCUT2D eigenvalue weighted by Gasteiger charge is -2.16. The van der Waals surface area contributed by atoms with Gasteiger partial charge in [-0.3, -0.25) is 0 Å². The van der Waals surface area contributed by atoms with E-state index in [1.807, 2.05) is 11.8 Å². The van der Waals surface area contributed by atoms with Crippen LogP contribution in [-0.2, 0) is 18.7 Å². The van der Waals surface area contributed by atoms with Crippen molar-refractivity contribution in [3.8, 4) is 0 Å². The summed E-state index contributed by atoms with van der Waals surface area (Å²) in [5, 5.41) is 0. The van der Waals surface area contributed by atoms with E-state index in [4.69, 9.17) is 5.73 Å². The number of fused-ring (bicyclic) bond motifs is 1. The van der Waals surface area contributed by atoms with Crippen molar-refractivity contribution in [3.05, 3.63) is 27.4 Å². The molecule has 0 aromatic carbocycles. The topological polar surface area (TPSA) is 71.8 Å². The Morgan fingerprint density at radius 2 is 2.46 bits per heavy atom. The first-order chi connectivity index (χ1) is 6.31. The summed E-state index contributed by atoms with van der Waals surface area (Å²) < 4.78 is 0. The van der Waals surface area contributed by atoms with Gasteiger partial charge in [0.1, 0.15) is 0 Å². The molecule has 0 radical (unpaired) electrons. The lowest BCUT2D eigenvalue weighted by atomic mass is 10.1. The summed E-state index contributed by atoms with van der Waals surface area (Å²) in [6.07, 6.45) is 0.969. The average molecular weight is 197 g/mol. The minimum absolute atomic E-state index is 0.276. The van der Waals surface area contributed by atoms with E-state index >= 15 is 0 Å². The van der Waals surface area contributed by atoms with Gasteiger partial charge in [0, 0.05) is 18.0 Å². The number of hydrogen-bond donors (Lipinski definition) is 2. The highest BCUT2D eigenvalue weighted by molar-refractivity contribution is 7.98.